The molecule has 30 heavy (non-hydrogen) atoms. The number of anilines is 2. The van der Waals surface area contributed by atoms with Gasteiger partial charge in [-0.1, -0.05) is 56.0 Å². The van der Waals surface area contributed by atoms with Gasteiger partial charge in [0.2, 0.25) is 0 Å². The standard InChI is InChI=1S/C24H34N6/c25-14-8-1-2-9-15-26-22-16-23(27-17-19-10-4-3-5-11-19)30-24(29-22)21(18-28-30)20-12-6-7-13-20/h3-5,10-11,16,18,20,27H,1-2,6-9,12-15,17,25H2,(H,26,29). The van der Waals surface area contributed by atoms with Gasteiger partial charge in [-0.2, -0.15) is 9.61 Å². The summed E-state index contributed by atoms with van der Waals surface area (Å²) in [5.74, 6) is 2.50. The molecule has 1 aromatic carbocycles. The zero-order chi connectivity index (χ0) is 20.6. The molecule has 0 spiro atoms. The van der Waals surface area contributed by atoms with Gasteiger partial charge in [-0.25, -0.2) is 4.98 Å². The summed E-state index contributed by atoms with van der Waals surface area (Å²) in [5, 5.41) is 11.8. The van der Waals surface area contributed by atoms with Gasteiger partial charge in [-0.05, 0) is 43.7 Å². The fourth-order valence-electron chi connectivity index (χ4n) is 4.35. The number of nitrogens with zero attached hydrogens (tertiary/aromatic N) is 3. The highest BCUT2D eigenvalue weighted by Crippen LogP contribution is 2.36. The van der Waals surface area contributed by atoms with Gasteiger partial charge < -0.3 is 16.4 Å². The van der Waals surface area contributed by atoms with E-state index in [9.17, 15) is 0 Å². The maximum absolute atomic E-state index is 5.59. The lowest BCUT2D eigenvalue weighted by Gasteiger charge is -2.13. The lowest BCUT2D eigenvalue weighted by atomic mass is 10.0. The summed E-state index contributed by atoms with van der Waals surface area (Å²) in [6.45, 7) is 2.48. The fourth-order valence-corrected chi connectivity index (χ4v) is 4.35. The van der Waals surface area contributed by atoms with E-state index in [-0.39, 0.29) is 0 Å². The normalized spacial score (nSPS) is 14.4. The van der Waals surface area contributed by atoms with Crippen LogP contribution in [0.15, 0.2) is 42.6 Å². The topological polar surface area (TPSA) is 80.3 Å². The molecule has 1 saturated carbocycles. The number of aromatic nitrogens is 3. The number of unbranched alkanes of at least 4 members (excludes halogenated alkanes) is 3. The van der Waals surface area contributed by atoms with Crippen LogP contribution in [-0.4, -0.2) is 27.7 Å². The lowest BCUT2D eigenvalue weighted by Crippen LogP contribution is -2.10. The molecule has 1 fully saturated rings. The van der Waals surface area contributed by atoms with E-state index in [1.54, 1.807) is 0 Å². The number of rotatable bonds is 11. The molecule has 0 bridgehead atoms. The van der Waals surface area contributed by atoms with Crippen molar-refractivity contribution in [3.63, 3.8) is 0 Å². The first-order valence-corrected chi connectivity index (χ1v) is 11.5. The number of hydrogen-bond donors (Lipinski definition) is 3. The summed E-state index contributed by atoms with van der Waals surface area (Å²) in [5.41, 5.74) is 9.12. The van der Waals surface area contributed by atoms with Gasteiger partial charge in [0, 0.05) is 24.7 Å². The van der Waals surface area contributed by atoms with E-state index in [4.69, 9.17) is 15.8 Å². The Balaban J connectivity index is 1.52. The van der Waals surface area contributed by atoms with Crippen molar-refractivity contribution >= 4 is 17.3 Å². The van der Waals surface area contributed by atoms with Gasteiger partial charge in [0.05, 0.1) is 6.20 Å². The first-order chi connectivity index (χ1) is 14.8. The second-order valence-corrected chi connectivity index (χ2v) is 8.31. The largest absolute Gasteiger partial charge is 0.370 e. The molecule has 4 rings (SSSR count). The van der Waals surface area contributed by atoms with Crippen LogP contribution in [0.25, 0.3) is 5.65 Å². The average Bonchev–Trinajstić information content (AvgIpc) is 3.45. The number of benzene rings is 1. The van der Waals surface area contributed by atoms with E-state index in [0.717, 1.165) is 49.8 Å². The summed E-state index contributed by atoms with van der Waals surface area (Å²) in [6.07, 6.45) is 11.8. The smallest absolute Gasteiger partial charge is 0.163 e. The first kappa shape index (κ1) is 20.7. The SMILES string of the molecule is NCCCCCCNc1cc(NCc2ccccc2)n2ncc(C3CCCC3)c2n1. The van der Waals surface area contributed by atoms with Crippen LogP contribution in [0.4, 0.5) is 11.6 Å². The Morgan fingerprint density at radius 1 is 1.00 bits per heavy atom. The van der Waals surface area contributed by atoms with Crippen LogP contribution >= 0.6 is 0 Å². The maximum atomic E-state index is 5.59. The summed E-state index contributed by atoms with van der Waals surface area (Å²) < 4.78 is 1.98. The quantitative estimate of drug-likeness (QED) is 0.393. The second-order valence-electron chi connectivity index (χ2n) is 8.31. The van der Waals surface area contributed by atoms with Gasteiger partial charge >= 0.3 is 0 Å². The second kappa shape index (κ2) is 10.4. The third kappa shape index (κ3) is 5.11. The van der Waals surface area contributed by atoms with Gasteiger partial charge in [0.25, 0.3) is 0 Å². The molecule has 0 atom stereocenters. The van der Waals surface area contributed by atoms with Crippen molar-refractivity contribution in [2.45, 2.75) is 63.8 Å². The summed E-state index contributed by atoms with van der Waals surface area (Å²) >= 11 is 0. The van der Waals surface area contributed by atoms with Crippen LogP contribution in [0.3, 0.4) is 0 Å². The van der Waals surface area contributed by atoms with E-state index < -0.39 is 0 Å². The minimum atomic E-state index is 0.587. The molecule has 0 radical (unpaired) electrons. The summed E-state index contributed by atoms with van der Waals surface area (Å²) in [4.78, 5) is 4.96. The van der Waals surface area contributed by atoms with Crippen molar-refractivity contribution in [1.82, 2.24) is 14.6 Å². The van der Waals surface area contributed by atoms with E-state index in [2.05, 4.69) is 41.0 Å². The molecule has 0 saturated heterocycles. The molecule has 3 aromatic rings. The van der Waals surface area contributed by atoms with Crippen LogP contribution in [0.1, 0.15) is 68.4 Å². The van der Waals surface area contributed by atoms with Crippen molar-refractivity contribution < 1.29 is 0 Å². The van der Waals surface area contributed by atoms with Crippen LogP contribution in [0.2, 0.25) is 0 Å². The highest BCUT2D eigenvalue weighted by atomic mass is 15.3. The predicted molar refractivity (Wildman–Crippen MR) is 124 cm³/mol. The summed E-state index contributed by atoms with van der Waals surface area (Å²) in [6, 6.07) is 12.6. The lowest BCUT2D eigenvalue weighted by molar-refractivity contribution is 0.661. The molecule has 0 aliphatic heterocycles. The van der Waals surface area contributed by atoms with Crippen molar-refractivity contribution in [3.8, 4) is 0 Å². The Hall–Kier alpha value is -2.60. The molecule has 1 aliphatic rings. The molecule has 4 N–H and O–H groups in total. The van der Waals surface area contributed by atoms with Gasteiger partial charge in [-0.3, -0.25) is 0 Å². The van der Waals surface area contributed by atoms with Crippen molar-refractivity contribution in [2.24, 2.45) is 5.73 Å². The Morgan fingerprint density at radius 2 is 1.80 bits per heavy atom. The molecule has 0 unspecified atom stereocenters. The van der Waals surface area contributed by atoms with Crippen molar-refractivity contribution in [1.29, 1.82) is 0 Å². The highest BCUT2D eigenvalue weighted by molar-refractivity contribution is 5.61. The molecule has 2 heterocycles. The van der Waals surface area contributed by atoms with Crippen molar-refractivity contribution in [2.75, 3.05) is 23.7 Å². The molecule has 2 aromatic heterocycles. The summed E-state index contributed by atoms with van der Waals surface area (Å²) in [7, 11) is 0. The molecule has 6 heteroatoms. The van der Waals surface area contributed by atoms with Gasteiger partial charge in [0.15, 0.2) is 5.65 Å². The number of hydrogen-bond acceptors (Lipinski definition) is 5. The van der Waals surface area contributed by atoms with E-state index >= 15 is 0 Å². The van der Waals surface area contributed by atoms with Crippen LogP contribution < -0.4 is 16.4 Å². The molecule has 1 aliphatic carbocycles. The Bertz CT molecular complexity index is 914. The Kier molecular flexibility index (Phi) is 7.19. The molecular weight excluding hydrogens is 372 g/mol. The van der Waals surface area contributed by atoms with Gasteiger partial charge in [-0.15, -0.1) is 0 Å². The highest BCUT2D eigenvalue weighted by Gasteiger charge is 2.22. The Morgan fingerprint density at radius 3 is 2.60 bits per heavy atom. The third-order valence-electron chi connectivity index (χ3n) is 6.05. The predicted octanol–water partition coefficient (Wildman–Crippen LogP) is 4.93. The minimum absolute atomic E-state index is 0.587. The van der Waals surface area contributed by atoms with E-state index in [1.165, 1.54) is 49.7 Å². The first-order valence-electron chi connectivity index (χ1n) is 11.5. The molecule has 0 amide bonds. The number of nitrogens with two attached hydrogens (primary N) is 1. The van der Waals surface area contributed by atoms with Gasteiger partial charge in [0.1, 0.15) is 11.6 Å². The molecule has 160 valence electrons. The molecular formula is C24H34N6. The van der Waals surface area contributed by atoms with Crippen molar-refractivity contribution in [3.05, 3.63) is 53.7 Å². The van der Waals surface area contributed by atoms with E-state index in [0.29, 0.717) is 5.92 Å². The molecule has 6 nitrogen and oxygen atoms in total. The fraction of sp³-hybridized carbons (Fsp3) is 0.500. The van der Waals surface area contributed by atoms with Crippen LogP contribution in [-0.2, 0) is 6.54 Å². The zero-order valence-electron chi connectivity index (χ0n) is 17.8. The average molecular weight is 407 g/mol. The zero-order valence-corrected chi connectivity index (χ0v) is 17.8. The minimum Gasteiger partial charge on any atom is -0.370 e. The number of fused-ring (bicyclic) bond motifs is 1. The van der Waals surface area contributed by atoms with Crippen LogP contribution in [0, 0.1) is 0 Å². The maximum Gasteiger partial charge on any atom is 0.163 e. The third-order valence-corrected chi connectivity index (χ3v) is 6.05. The Labute approximate surface area is 179 Å². The van der Waals surface area contributed by atoms with E-state index in [1.807, 2.05) is 16.8 Å². The number of nitrogens with one attached hydrogen (secondary N) is 2. The van der Waals surface area contributed by atoms with Crippen LogP contribution in [0.5, 0.6) is 0 Å². The monoisotopic (exact) mass is 406 g/mol.